The largest absolute Gasteiger partial charge is 0.497 e. The van der Waals surface area contributed by atoms with Gasteiger partial charge in [0.15, 0.2) is 0 Å². The number of halogens is 1. The van der Waals surface area contributed by atoms with E-state index >= 15 is 0 Å². The van der Waals surface area contributed by atoms with Crippen LogP contribution in [-0.2, 0) is 32.6 Å². The van der Waals surface area contributed by atoms with Crippen LogP contribution in [0.25, 0.3) is 0 Å². The van der Waals surface area contributed by atoms with Crippen molar-refractivity contribution in [2.24, 2.45) is 0 Å². The number of carbonyl (C=O) groups is 2. The van der Waals surface area contributed by atoms with Gasteiger partial charge in [0.05, 0.1) is 19.1 Å². The van der Waals surface area contributed by atoms with Crippen LogP contribution < -0.4 is 14.4 Å². The van der Waals surface area contributed by atoms with Crippen LogP contribution in [0.3, 0.4) is 0 Å². The molecule has 226 valence electrons. The minimum Gasteiger partial charge on any atom is -0.497 e. The maximum absolute atomic E-state index is 13.9. The quantitative estimate of drug-likeness (QED) is 0.217. The first-order valence-electron chi connectivity index (χ1n) is 14.1. The van der Waals surface area contributed by atoms with Crippen molar-refractivity contribution in [3.8, 4) is 5.75 Å². The number of carbonyl (C=O) groups excluding carboxylic acids is 2. The maximum Gasteiger partial charge on any atom is 0.243 e. The van der Waals surface area contributed by atoms with Crippen LogP contribution in [0, 0.1) is 0 Å². The normalized spacial score (nSPS) is 11.9. The lowest BCUT2D eigenvalue weighted by molar-refractivity contribution is -0.141. The summed E-state index contributed by atoms with van der Waals surface area (Å²) in [7, 11) is -2.11. The second-order valence-corrected chi connectivity index (χ2v) is 12.4. The van der Waals surface area contributed by atoms with Crippen molar-refractivity contribution in [2.45, 2.75) is 51.6 Å². The monoisotopic (exact) mass is 613 g/mol. The van der Waals surface area contributed by atoms with Crippen LogP contribution >= 0.6 is 11.6 Å². The molecule has 0 aliphatic heterocycles. The molecule has 10 heteroatoms. The van der Waals surface area contributed by atoms with Gasteiger partial charge in [-0.1, -0.05) is 79.5 Å². The fourth-order valence-electron chi connectivity index (χ4n) is 4.64. The fourth-order valence-corrected chi connectivity index (χ4v) is 5.79. The van der Waals surface area contributed by atoms with E-state index in [0.29, 0.717) is 29.4 Å². The summed E-state index contributed by atoms with van der Waals surface area (Å²) in [6.07, 6.45) is 3.50. The van der Waals surface area contributed by atoms with Crippen LogP contribution in [0.2, 0.25) is 5.02 Å². The number of benzene rings is 3. The van der Waals surface area contributed by atoms with Gasteiger partial charge in [-0.2, -0.15) is 0 Å². The fraction of sp³-hybridized carbons (Fsp3) is 0.375. The summed E-state index contributed by atoms with van der Waals surface area (Å²) in [5.41, 5.74) is 2.10. The van der Waals surface area contributed by atoms with Crippen LogP contribution in [0.5, 0.6) is 5.75 Å². The average molecular weight is 614 g/mol. The summed E-state index contributed by atoms with van der Waals surface area (Å²) in [5, 5.41) is 3.50. The Labute approximate surface area is 254 Å². The molecule has 0 aromatic heterocycles. The number of sulfonamides is 1. The van der Waals surface area contributed by atoms with Crippen LogP contribution in [-0.4, -0.2) is 57.6 Å². The van der Waals surface area contributed by atoms with Gasteiger partial charge in [0.1, 0.15) is 11.8 Å². The van der Waals surface area contributed by atoms with E-state index in [0.717, 1.165) is 30.2 Å². The molecule has 1 unspecified atom stereocenters. The van der Waals surface area contributed by atoms with E-state index in [1.807, 2.05) is 55.5 Å². The minimum absolute atomic E-state index is 0.0357. The van der Waals surface area contributed by atoms with Gasteiger partial charge in [-0.25, -0.2) is 8.42 Å². The first kappa shape index (κ1) is 32.9. The molecule has 0 spiro atoms. The SMILES string of the molecule is CCCCNC(=O)C(Cc1ccccc1)N(Cc1ccccc1Cl)C(=O)CCCN(c1cccc(OC)c1)S(C)(=O)=O. The predicted molar refractivity (Wildman–Crippen MR) is 168 cm³/mol. The molecular formula is C32H40ClN3O5S. The molecule has 3 rings (SSSR count). The molecule has 0 radical (unpaired) electrons. The number of rotatable bonds is 16. The molecule has 0 aliphatic rings. The van der Waals surface area contributed by atoms with Crippen molar-refractivity contribution in [1.29, 1.82) is 0 Å². The Morgan fingerprint density at radius 3 is 2.36 bits per heavy atom. The Bertz CT molecular complexity index is 1420. The highest BCUT2D eigenvalue weighted by atomic mass is 35.5. The summed E-state index contributed by atoms with van der Waals surface area (Å²) >= 11 is 6.49. The van der Waals surface area contributed by atoms with E-state index in [-0.39, 0.29) is 37.7 Å². The standard InChI is InChI=1S/C32H40ClN3O5S/c1-4-5-20-34-32(38)30(22-25-13-7-6-8-14-25)35(24-26-15-9-10-18-29(26)33)31(37)19-12-21-36(42(3,39)40)27-16-11-17-28(23-27)41-2/h6-11,13-18,23,30H,4-5,12,19-22,24H2,1-3H3,(H,34,38). The van der Waals surface area contributed by atoms with Gasteiger partial charge in [0.2, 0.25) is 21.8 Å². The Morgan fingerprint density at radius 2 is 1.69 bits per heavy atom. The zero-order chi connectivity index (χ0) is 30.5. The molecule has 0 fully saturated rings. The highest BCUT2D eigenvalue weighted by Crippen LogP contribution is 2.25. The third-order valence-electron chi connectivity index (χ3n) is 6.89. The number of nitrogens with one attached hydrogen (secondary N) is 1. The molecule has 3 aromatic carbocycles. The number of anilines is 1. The molecule has 8 nitrogen and oxygen atoms in total. The van der Waals surface area contributed by atoms with E-state index in [2.05, 4.69) is 5.32 Å². The number of ether oxygens (including phenoxy) is 1. The predicted octanol–water partition coefficient (Wildman–Crippen LogP) is 5.45. The molecule has 0 bridgehead atoms. The van der Waals surface area contributed by atoms with Crippen molar-refractivity contribution in [3.63, 3.8) is 0 Å². The minimum atomic E-state index is -3.63. The van der Waals surface area contributed by atoms with Gasteiger partial charge in [-0.3, -0.25) is 13.9 Å². The highest BCUT2D eigenvalue weighted by Gasteiger charge is 2.31. The van der Waals surface area contributed by atoms with Crippen molar-refractivity contribution in [2.75, 3.05) is 30.8 Å². The Balaban J connectivity index is 1.88. The van der Waals surface area contributed by atoms with E-state index in [1.54, 1.807) is 35.2 Å². The molecule has 1 N–H and O–H groups in total. The number of hydrogen-bond acceptors (Lipinski definition) is 5. The van der Waals surface area contributed by atoms with Gasteiger partial charge < -0.3 is 15.0 Å². The van der Waals surface area contributed by atoms with Crippen LogP contribution in [0.1, 0.15) is 43.7 Å². The molecule has 0 saturated heterocycles. The second-order valence-electron chi connectivity index (χ2n) is 10.1. The Hall–Kier alpha value is -3.56. The van der Waals surface area contributed by atoms with E-state index in [9.17, 15) is 18.0 Å². The third kappa shape index (κ3) is 9.77. The molecule has 0 aliphatic carbocycles. The maximum atomic E-state index is 13.9. The molecule has 0 saturated carbocycles. The molecule has 2 amide bonds. The number of unbranched alkanes of at least 4 members (excludes halogenated alkanes) is 1. The Kier molecular flexibility index (Phi) is 12.7. The summed E-state index contributed by atoms with van der Waals surface area (Å²) in [4.78, 5) is 29.0. The summed E-state index contributed by atoms with van der Waals surface area (Å²) < 4.78 is 31.9. The van der Waals surface area contributed by atoms with Crippen LogP contribution in [0.4, 0.5) is 5.69 Å². The van der Waals surface area contributed by atoms with Gasteiger partial charge >= 0.3 is 0 Å². The number of methoxy groups -OCH3 is 1. The third-order valence-corrected chi connectivity index (χ3v) is 8.46. The molecule has 0 heterocycles. The summed E-state index contributed by atoms with van der Waals surface area (Å²) in [6.45, 7) is 2.79. The van der Waals surface area contributed by atoms with E-state index in [4.69, 9.17) is 16.3 Å². The molecular weight excluding hydrogens is 574 g/mol. The first-order chi connectivity index (χ1) is 20.1. The smallest absolute Gasteiger partial charge is 0.243 e. The molecule has 42 heavy (non-hydrogen) atoms. The van der Waals surface area contributed by atoms with Crippen molar-refractivity contribution in [1.82, 2.24) is 10.2 Å². The van der Waals surface area contributed by atoms with E-state index < -0.39 is 16.1 Å². The lowest BCUT2D eigenvalue weighted by atomic mass is 10.0. The second kappa shape index (κ2) is 16.2. The zero-order valence-electron chi connectivity index (χ0n) is 24.5. The van der Waals surface area contributed by atoms with Gasteiger partial charge in [-0.15, -0.1) is 0 Å². The summed E-state index contributed by atoms with van der Waals surface area (Å²) in [5.74, 6) is 0.0309. The topological polar surface area (TPSA) is 96.0 Å². The van der Waals surface area contributed by atoms with Crippen LogP contribution in [0.15, 0.2) is 78.9 Å². The number of amides is 2. The first-order valence-corrected chi connectivity index (χ1v) is 16.3. The highest BCUT2D eigenvalue weighted by molar-refractivity contribution is 7.92. The average Bonchev–Trinajstić information content (AvgIpc) is 2.97. The van der Waals surface area contributed by atoms with E-state index in [1.165, 1.54) is 11.4 Å². The number of hydrogen-bond donors (Lipinski definition) is 1. The summed E-state index contributed by atoms with van der Waals surface area (Å²) in [6, 6.07) is 22.8. The van der Waals surface area contributed by atoms with Crippen molar-refractivity contribution < 1.29 is 22.7 Å². The van der Waals surface area contributed by atoms with Gasteiger partial charge in [0.25, 0.3) is 0 Å². The molecule has 1 atom stereocenters. The zero-order valence-corrected chi connectivity index (χ0v) is 26.0. The molecule has 3 aromatic rings. The van der Waals surface area contributed by atoms with Gasteiger partial charge in [-0.05, 0) is 42.2 Å². The lowest BCUT2D eigenvalue weighted by Crippen LogP contribution is -2.50. The Morgan fingerprint density at radius 1 is 0.976 bits per heavy atom. The van der Waals surface area contributed by atoms with Gasteiger partial charge in [0, 0.05) is 43.6 Å². The number of nitrogens with zero attached hydrogens (tertiary/aromatic N) is 2. The lowest BCUT2D eigenvalue weighted by Gasteiger charge is -2.32. The van der Waals surface area contributed by atoms with Crippen molar-refractivity contribution in [3.05, 3.63) is 95.0 Å². The van der Waals surface area contributed by atoms with Crippen molar-refractivity contribution >= 4 is 39.1 Å².